The first-order valence-electron chi connectivity index (χ1n) is 5.90. The van der Waals surface area contributed by atoms with Crippen LogP contribution in [0, 0.1) is 0 Å². The van der Waals surface area contributed by atoms with Crippen LogP contribution in [0.15, 0.2) is 28.7 Å². The van der Waals surface area contributed by atoms with E-state index in [9.17, 15) is 0 Å². The van der Waals surface area contributed by atoms with Gasteiger partial charge in [-0.2, -0.15) is 0 Å². The van der Waals surface area contributed by atoms with Crippen molar-refractivity contribution in [1.82, 2.24) is 9.97 Å². The molecule has 0 aliphatic carbocycles. The quantitative estimate of drug-likeness (QED) is 0.873. The van der Waals surface area contributed by atoms with Crippen molar-refractivity contribution in [2.45, 2.75) is 13.3 Å². The predicted molar refractivity (Wildman–Crippen MR) is 83.4 cm³/mol. The lowest BCUT2D eigenvalue weighted by atomic mass is 10.3. The average Bonchev–Trinajstić information content (AvgIpc) is 2.42. The van der Waals surface area contributed by atoms with E-state index in [1.54, 1.807) is 0 Å². The average molecular weight is 342 g/mol. The molecule has 0 spiro atoms. The van der Waals surface area contributed by atoms with Gasteiger partial charge < -0.3 is 10.6 Å². The monoisotopic (exact) mass is 340 g/mol. The molecule has 2 N–H and O–H groups in total. The van der Waals surface area contributed by atoms with Crippen LogP contribution in [0.3, 0.4) is 0 Å². The van der Waals surface area contributed by atoms with Crippen molar-refractivity contribution < 1.29 is 0 Å². The molecule has 0 radical (unpaired) electrons. The van der Waals surface area contributed by atoms with Crippen LogP contribution in [-0.4, -0.2) is 17.0 Å². The molecule has 2 rings (SSSR count). The van der Waals surface area contributed by atoms with E-state index >= 15 is 0 Å². The van der Waals surface area contributed by atoms with E-state index < -0.39 is 0 Å². The number of nitrogens with zero attached hydrogens (tertiary/aromatic N) is 2. The van der Waals surface area contributed by atoms with Crippen LogP contribution >= 0.6 is 27.5 Å². The van der Waals surface area contributed by atoms with Crippen molar-refractivity contribution in [3.05, 3.63) is 39.6 Å². The van der Waals surface area contributed by atoms with Gasteiger partial charge in [-0.15, -0.1) is 0 Å². The summed E-state index contributed by atoms with van der Waals surface area (Å²) in [5.74, 6) is 2.28. The maximum absolute atomic E-state index is 6.15. The van der Waals surface area contributed by atoms with Crippen molar-refractivity contribution in [3.8, 4) is 0 Å². The summed E-state index contributed by atoms with van der Waals surface area (Å²) in [7, 11) is 1.83. The Hall–Kier alpha value is -1.33. The van der Waals surface area contributed by atoms with E-state index in [-0.39, 0.29) is 0 Å². The third-order valence-corrected chi connectivity index (χ3v) is 3.36. The van der Waals surface area contributed by atoms with Crippen LogP contribution in [0.2, 0.25) is 5.02 Å². The molecular weight excluding hydrogens is 328 g/mol. The summed E-state index contributed by atoms with van der Waals surface area (Å²) in [6.07, 6.45) is 0.774. The van der Waals surface area contributed by atoms with Gasteiger partial charge in [-0.3, -0.25) is 0 Å². The summed E-state index contributed by atoms with van der Waals surface area (Å²) in [5, 5.41) is 6.87. The summed E-state index contributed by atoms with van der Waals surface area (Å²) in [5.41, 5.74) is 0.804. The molecule has 0 bridgehead atoms. The zero-order chi connectivity index (χ0) is 13.8. The highest BCUT2D eigenvalue weighted by molar-refractivity contribution is 9.10. The summed E-state index contributed by atoms with van der Waals surface area (Å²) >= 11 is 9.57. The number of hydrogen-bond acceptors (Lipinski definition) is 4. The zero-order valence-corrected chi connectivity index (χ0v) is 13.0. The molecule has 0 fully saturated rings. The van der Waals surface area contributed by atoms with E-state index in [0.29, 0.717) is 5.02 Å². The lowest BCUT2D eigenvalue weighted by molar-refractivity contribution is 0.945. The van der Waals surface area contributed by atoms with E-state index in [1.807, 2.05) is 38.2 Å². The highest BCUT2D eigenvalue weighted by Gasteiger charge is 2.06. The second-order valence-corrected chi connectivity index (χ2v) is 5.23. The second-order valence-electron chi connectivity index (χ2n) is 3.91. The fourth-order valence-electron chi connectivity index (χ4n) is 1.58. The molecule has 0 atom stereocenters. The van der Waals surface area contributed by atoms with Gasteiger partial charge >= 0.3 is 0 Å². The Kier molecular flexibility index (Phi) is 4.61. The number of aryl methyl sites for hydroxylation is 1. The van der Waals surface area contributed by atoms with Gasteiger partial charge in [0.05, 0.1) is 10.7 Å². The number of halogens is 2. The number of hydrogen-bond donors (Lipinski definition) is 2. The Morgan fingerprint density at radius 2 is 1.95 bits per heavy atom. The third-order valence-electron chi connectivity index (χ3n) is 2.54. The molecule has 0 amide bonds. The molecule has 2 aromatic rings. The molecule has 0 saturated carbocycles. The minimum Gasteiger partial charge on any atom is -0.373 e. The van der Waals surface area contributed by atoms with E-state index in [0.717, 1.165) is 34.0 Å². The van der Waals surface area contributed by atoms with Gasteiger partial charge in [-0.25, -0.2) is 9.97 Å². The first-order valence-corrected chi connectivity index (χ1v) is 7.07. The van der Waals surface area contributed by atoms with E-state index in [4.69, 9.17) is 11.6 Å². The van der Waals surface area contributed by atoms with Gasteiger partial charge in [-0.1, -0.05) is 34.5 Å². The Morgan fingerprint density at radius 3 is 2.63 bits per heavy atom. The fourth-order valence-corrected chi connectivity index (χ4v) is 2.10. The fraction of sp³-hybridized carbons (Fsp3) is 0.231. The smallest absolute Gasteiger partial charge is 0.136 e. The summed E-state index contributed by atoms with van der Waals surface area (Å²) in [6, 6.07) is 7.48. The lowest BCUT2D eigenvalue weighted by Crippen LogP contribution is -2.03. The lowest BCUT2D eigenvalue weighted by Gasteiger charge is -2.10. The first kappa shape index (κ1) is 14.1. The van der Waals surface area contributed by atoms with Gasteiger partial charge in [0.2, 0.25) is 0 Å². The summed E-state index contributed by atoms with van der Waals surface area (Å²) in [6.45, 7) is 2.02. The van der Waals surface area contributed by atoms with Gasteiger partial charge in [0, 0.05) is 24.0 Å². The molecule has 1 aromatic carbocycles. The van der Waals surface area contributed by atoms with Crippen LogP contribution in [0.4, 0.5) is 17.3 Å². The van der Waals surface area contributed by atoms with Crippen molar-refractivity contribution in [3.63, 3.8) is 0 Å². The van der Waals surface area contributed by atoms with Crippen molar-refractivity contribution in [2.75, 3.05) is 17.7 Å². The highest BCUT2D eigenvalue weighted by atomic mass is 79.9. The zero-order valence-electron chi connectivity index (χ0n) is 10.7. The van der Waals surface area contributed by atoms with E-state index in [2.05, 4.69) is 36.5 Å². The maximum atomic E-state index is 6.15. The standard InChI is InChI=1S/C13H14BrClN4/c1-3-11-18-12(16-2)7-13(19-11)17-10-6-8(14)4-5-9(10)15/h4-7H,3H2,1-2H3,(H2,16,17,18,19). The SMILES string of the molecule is CCc1nc(NC)cc(Nc2cc(Br)ccc2Cl)n1. The molecule has 0 aliphatic rings. The molecule has 1 heterocycles. The molecule has 4 nitrogen and oxygen atoms in total. The van der Waals surface area contributed by atoms with Crippen LogP contribution in [0.25, 0.3) is 0 Å². The number of aromatic nitrogens is 2. The number of nitrogens with one attached hydrogen (secondary N) is 2. The number of anilines is 3. The maximum Gasteiger partial charge on any atom is 0.136 e. The minimum atomic E-state index is 0.644. The third kappa shape index (κ3) is 3.58. The molecular formula is C13H14BrClN4. The Balaban J connectivity index is 2.34. The molecule has 0 saturated heterocycles. The molecule has 100 valence electrons. The molecule has 6 heteroatoms. The highest BCUT2D eigenvalue weighted by Crippen LogP contribution is 2.28. The van der Waals surface area contributed by atoms with Crippen molar-refractivity contribution in [1.29, 1.82) is 0 Å². The molecule has 1 aromatic heterocycles. The van der Waals surface area contributed by atoms with Crippen LogP contribution in [0.1, 0.15) is 12.7 Å². The molecule has 19 heavy (non-hydrogen) atoms. The minimum absolute atomic E-state index is 0.644. The van der Waals surface area contributed by atoms with Crippen LogP contribution < -0.4 is 10.6 Å². The van der Waals surface area contributed by atoms with Crippen molar-refractivity contribution >= 4 is 44.9 Å². The second kappa shape index (κ2) is 6.21. The first-order chi connectivity index (χ1) is 9.12. The Bertz CT molecular complexity index is 567. The van der Waals surface area contributed by atoms with Gasteiger partial charge in [0.25, 0.3) is 0 Å². The molecule has 0 unspecified atom stereocenters. The number of rotatable bonds is 4. The molecule has 0 aliphatic heterocycles. The van der Waals surface area contributed by atoms with E-state index in [1.165, 1.54) is 0 Å². The van der Waals surface area contributed by atoms with Gasteiger partial charge in [-0.05, 0) is 18.2 Å². The summed E-state index contributed by atoms with van der Waals surface area (Å²) < 4.78 is 0.956. The topological polar surface area (TPSA) is 49.8 Å². The largest absolute Gasteiger partial charge is 0.373 e. The Labute approximate surface area is 125 Å². The normalized spacial score (nSPS) is 10.3. The predicted octanol–water partition coefficient (Wildman–Crippen LogP) is 4.24. The van der Waals surface area contributed by atoms with Crippen LogP contribution in [0.5, 0.6) is 0 Å². The van der Waals surface area contributed by atoms with Crippen molar-refractivity contribution in [2.24, 2.45) is 0 Å². The van der Waals surface area contributed by atoms with Gasteiger partial charge in [0.1, 0.15) is 17.5 Å². The van der Waals surface area contributed by atoms with Gasteiger partial charge in [0.15, 0.2) is 0 Å². The number of benzene rings is 1. The van der Waals surface area contributed by atoms with Crippen LogP contribution in [-0.2, 0) is 6.42 Å². The summed E-state index contributed by atoms with van der Waals surface area (Å²) in [4.78, 5) is 8.78. The Morgan fingerprint density at radius 1 is 1.21 bits per heavy atom.